The second kappa shape index (κ2) is 2.52. The number of benzene rings is 1. The van der Waals surface area contributed by atoms with E-state index >= 15 is 0 Å². The standard InChI is InChI=1S/C9H7NO3/c10-5-1-2-6-7(11)4-9(12)13-8(6)3-5/h1-4,11H,10H2. The molecule has 0 bridgehead atoms. The van der Waals surface area contributed by atoms with Gasteiger partial charge >= 0.3 is 5.63 Å². The quantitative estimate of drug-likeness (QED) is 0.466. The molecule has 0 fully saturated rings. The highest BCUT2D eigenvalue weighted by atomic mass is 16.4. The molecule has 1 aromatic heterocycles. The van der Waals surface area contributed by atoms with Crippen LogP contribution in [0.2, 0.25) is 0 Å². The lowest BCUT2D eigenvalue weighted by molar-refractivity contribution is 0.468. The number of rotatable bonds is 0. The highest BCUT2D eigenvalue weighted by Crippen LogP contribution is 2.23. The lowest BCUT2D eigenvalue weighted by Gasteiger charge is -1.99. The summed E-state index contributed by atoms with van der Waals surface area (Å²) in [6, 6.07) is 5.75. The Kier molecular flexibility index (Phi) is 1.48. The van der Waals surface area contributed by atoms with Crippen LogP contribution in [0.4, 0.5) is 5.69 Å². The Balaban J connectivity index is 2.94. The highest BCUT2D eigenvalue weighted by molar-refractivity contribution is 5.85. The van der Waals surface area contributed by atoms with Gasteiger partial charge in [-0.2, -0.15) is 0 Å². The molecule has 0 unspecified atom stereocenters. The normalized spacial score (nSPS) is 10.5. The maximum absolute atomic E-state index is 10.8. The zero-order valence-corrected chi connectivity index (χ0v) is 6.65. The molecule has 2 rings (SSSR count). The molecule has 4 nitrogen and oxygen atoms in total. The van der Waals surface area contributed by atoms with Gasteiger partial charge in [0, 0.05) is 11.8 Å². The average Bonchev–Trinajstić information content (AvgIpc) is 2.02. The van der Waals surface area contributed by atoms with Crippen LogP contribution < -0.4 is 11.4 Å². The maximum Gasteiger partial charge on any atom is 0.339 e. The van der Waals surface area contributed by atoms with E-state index in [9.17, 15) is 9.90 Å². The van der Waals surface area contributed by atoms with Crippen LogP contribution in [-0.2, 0) is 0 Å². The van der Waals surface area contributed by atoms with Crippen LogP contribution in [0.3, 0.4) is 0 Å². The first-order chi connectivity index (χ1) is 6.16. The van der Waals surface area contributed by atoms with Crippen molar-refractivity contribution in [1.82, 2.24) is 0 Å². The van der Waals surface area contributed by atoms with Gasteiger partial charge in [-0.15, -0.1) is 0 Å². The largest absolute Gasteiger partial charge is 0.507 e. The Bertz CT molecular complexity index is 516. The smallest absolute Gasteiger partial charge is 0.339 e. The van der Waals surface area contributed by atoms with E-state index in [2.05, 4.69) is 0 Å². The summed E-state index contributed by atoms with van der Waals surface area (Å²) in [4.78, 5) is 10.8. The van der Waals surface area contributed by atoms with E-state index < -0.39 is 5.63 Å². The Hall–Kier alpha value is -1.97. The summed E-state index contributed by atoms with van der Waals surface area (Å²) in [5, 5.41) is 9.82. The minimum absolute atomic E-state index is 0.0914. The number of hydrogen-bond acceptors (Lipinski definition) is 4. The SMILES string of the molecule is Nc1ccc2c(O)cc(=O)oc2c1. The first-order valence-electron chi connectivity index (χ1n) is 3.69. The van der Waals surface area contributed by atoms with Crippen LogP contribution in [0, 0.1) is 0 Å². The molecule has 2 aromatic rings. The minimum atomic E-state index is -0.587. The Morgan fingerprint density at radius 3 is 2.85 bits per heavy atom. The number of fused-ring (bicyclic) bond motifs is 1. The number of nitrogen functional groups attached to an aromatic ring is 1. The van der Waals surface area contributed by atoms with Crippen LogP contribution in [0.1, 0.15) is 0 Å². The molecule has 0 saturated heterocycles. The van der Waals surface area contributed by atoms with Crippen LogP contribution in [0.25, 0.3) is 11.0 Å². The third kappa shape index (κ3) is 1.22. The van der Waals surface area contributed by atoms with Crippen molar-refractivity contribution in [3.63, 3.8) is 0 Å². The van der Waals surface area contributed by atoms with E-state index in [0.717, 1.165) is 6.07 Å². The van der Waals surface area contributed by atoms with Crippen molar-refractivity contribution in [2.45, 2.75) is 0 Å². The first kappa shape index (κ1) is 7.67. The first-order valence-corrected chi connectivity index (χ1v) is 3.69. The molecule has 0 radical (unpaired) electrons. The molecule has 66 valence electrons. The van der Waals surface area contributed by atoms with Gasteiger partial charge in [0.05, 0.1) is 11.5 Å². The molecule has 0 amide bonds. The fraction of sp³-hybridized carbons (Fsp3) is 0. The van der Waals surface area contributed by atoms with Crippen LogP contribution >= 0.6 is 0 Å². The summed E-state index contributed by atoms with van der Waals surface area (Å²) in [5.74, 6) is -0.0914. The summed E-state index contributed by atoms with van der Waals surface area (Å²) in [7, 11) is 0. The van der Waals surface area contributed by atoms with Gasteiger partial charge in [-0.3, -0.25) is 0 Å². The third-order valence-corrected chi connectivity index (χ3v) is 1.75. The van der Waals surface area contributed by atoms with E-state index in [4.69, 9.17) is 10.2 Å². The zero-order valence-electron chi connectivity index (χ0n) is 6.65. The maximum atomic E-state index is 10.8. The van der Waals surface area contributed by atoms with E-state index in [0.29, 0.717) is 16.7 Å². The van der Waals surface area contributed by atoms with Crippen molar-refractivity contribution in [2.24, 2.45) is 0 Å². The summed E-state index contributed by atoms with van der Waals surface area (Å²) in [5.41, 5.74) is 5.68. The lowest BCUT2D eigenvalue weighted by Crippen LogP contribution is -1.95. The third-order valence-electron chi connectivity index (χ3n) is 1.75. The number of aromatic hydroxyl groups is 1. The Morgan fingerprint density at radius 2 is 2.08 bits per heavy atom. The van der Waals surface area contributed by atoms with Gasteiger partial charge in [-0.05, 0) is 12.1 Å². The zero-order chi connectivity index (χ0) is 9.42. The van der Waals surface area contributed by atoms with Crippen molar-refractivity contribution >= 4 is 16.7 Å². The van der Waals surface area contributed by atoms with Crippen LogP contribution in [0.5, 0.6) is 5.75 Å². The predicted molar refractivity (Wildman–Crippen MR) is 48.6 cm³/mol. The van der Waals surface area contributed by atoms with Crippen molar-refractivity contribution < 1.29 is 9.52 Å². The van der Waals surface area contributed by atoms with Gasteiger partial charge in [-0.1, -0.05) is 0 Å². The molecule has 4 heteroatoms. The molecule has 13 heavy (non-hydrogen) atoms. The lowest BCUT2D eigenvalue weighted by atomic mass is 10.2. The van der Waals surface area contributed by atoms with Gasteiger partial charge in [0.2, 0.25) is 0 Å². The predicted octanol–water partition coefficient (Wildman–Crippen LogP) is 1.08. The Morgan fingerprint density at radius 1 is 1.31 bits per heavy atom. The highest BCUT2D eigenvalue weighted by Gasteiger charge is 2.03. The van der Waals surface area contributed by atoms with Gasteiger partial charge < -0.3 is 15.3 Å². The van der Waals surface area contributed by atoms with E-state index in [1.54, 1.807) is 12.1 Å². The fourth-order valence-corrected chi connectivity index (χ4v) is 1.16. The number of nitrogens with two attached hydrogens (primary N) is 1. The van der Waals surface area contributed by atoms with Gasteiger partial charge in [0.15, 0.2) is 0 Å². The van der Waals surface area contributed by atoms with E-state index in [-0.39, 0.29) is 5.75 Å². The van der Waals surface area contributed by atoms with Gasteiger partial charge in [0.25, 0.3) is 0 Å². The minimum Gasteiger partial charge on any atom is -0.507 e. The van der Waals surface area contributed by atoms with Crippen molar-refractivity contribution in [3.8, 4) is 5.75 Å². The monoisotopic (exact) mass is 177 g/mol. The molecule has 1 heterocycles. The second-order valence-corrected chi connectivity index (χ2v) is 2.71. The molecular weight excluding hydrogens is 170 g/mol. The summed E-state index contributed by atoms with van der Waals surface area (Å²) in [6.45, 7) is 0. The Labute approximate surface area is 73.2 Å². The van der Waals surface area contributed by atoms with Gasteiger partial charge in [-0.25, -0.2) is 4.79 Å². The second-order valence-electron chi connectivity index (χ2n) is 2.71. The van der Waals surface area contributed by atoms with Crippen molar-refractivity contribution in [1.29, 1.82) is 0 Å². The van der Waals surface area contributed by atoms with Gasteiger partial charge in [0.1, 0.15) is 11.3 Å². The molecule has 0 aliphatic heterocycles. The molecule has 3 N–H and O–H groups in total. The molecule has 0 atom stereocenters. The van der Waals surface area contributed by atoms with E-state index in [1.165, 1.54) is 6.07 Å². The molecule has 0 aliphatic rings. The van der Waals surface area contributed by atoms with Crippen LogP contribution in [0.15, 0.2) is 33.5 Å². The molecule has 0 spiro atoms. The molecule has 0 aliphatic carbocycles. The van der Waals surface area contributed by atoms with Crippen LogP contribution in [-0.4, -0.2) is 5.11 Å². The summed E-state index contributed by atoms with van der Waals surface area (Å²) < 4.78 is 4.83. The van der Waals surface area contributed by atoms with Crippen molar-refractivity contribution in [2.75, 3.05) is 5.73 Å². The van der Waals surface area contributed by atoms with Crippen molar-refractivity contribution in [3.05, 3.63) is 34.7 Å². The number of hydrogen-bond donors (Lipinski definition) is 2. The molecular formula is C9H7NO3. The topological polar surface area (TPSA) is 76.5 Å². The molecule has 1 aromatic carbocycles. The summed E-state index contributed by atoms with van der Waals surface area (Å²) >= 11 is 0. The summed E-state index contributed by atoms with van der Waals surface area (Å²) in [6.07, 6.45) is 0. The number of anilines is 1. The fourth-order valence-electron chi connectivity index (χ4n) is 1.16. The average molecular weight is 177 g/mol. The molecule has 0 saturated carbocycles. The van der Waals surface area contributed by atoms with E-state index in [1.807, 2.05) is 0 Å².